The molecule has 13 heteroatoms. The lowest BCUT2D eigenvalue weighted by Gasteiger charge is -2.35. The van der Waals surface area contributed by atoms with Crippen LogP contribution in [0.15, 0.2) is 48.7 Å². The number of rotatable bonds is 6. The molecule has 61 heavy (non-hydrogen) atoms. The maximum atomic E-state index is 14.2. The van der Waals surface area contributed by atoms with Crippen molar-refractivity contribution < 1.29 is 33.7 Å². The zero-order chi connectivity index (χ0) is 43.8. The highest BCUT2D eigenvalue weighted by Crippen LogP contribution is 2.43. The average molecular weight is 837 g/mol. The summed E-state index contributed by atoms with van der Waals surface area (Å²) in [6.45, 7) is 17.0. The highest BCUT2D eigenvalue weighted by Gasteiger charge is 2.36. The molecule has 0 aliphatic carbocycles. The molecule has 7 rings (SSSR count). The molecule has 3 N–H and O–H groups in total. The van der Waals surface area contributed by atoms with E-state index >= 15 is 0 Å². The fourth-order valence-corrected chi connectivity index (χ4v) is 9.14. The maximum absolute atomic E-state index is 14.2. The standard InChI is InChI=1S/C48H64N6O7/c1-10-53-41-14-13-32-24-36(41)38(43(53)37-25-34(27-49-42(37)29(2)59-9)31-15-18-52(8)19-16-31)26-48(6,7)28-60-45(57)39-12-11-17-54(51-39)44(56)40(50-46(58)61-47(3,4)5)22-30-20-33(32)23-35(55)21-30/h13-14,20-21,23-25,27,29,31,39-40,51,55H,10-12,15-19,22,26,28H2,1-9H3,(H,50,58)/t29-,39-,40-/m0/s1. The molecule has 2 fully saturated rings. The minimum Gasteiger partial charge on any atom is -0.508 e. The molecule has 0 unspecified atom stereocenters. The number of phenols is 1. The van der Waals surface area contributed by atoms with Gasteiger partial charge in [-0.1, -0.05) is 26.0 Å². The lowest BCUT2D eigenvalue weighted by atomic mass is 9.83. The van der Waals surface area contributed by atoms with Crippen LogP contribution in [0.1, 0.15) is 109 Å². The van der Waals surface area contributed by atoms with Crippen molar-refractivity contribution in [1.82, 2.24) is 30.2 Å². The average Bonchev–Trinajstić information content (AvgIpc) is 3.52. The number of fused-ring (bicyclic) bond motifs is 6. The molecule has 2 saturated heterocycles. The van der Waals surface area contributed by atoms with Crippen molar-refractivity contribution in [3.8, 4) is 28.1 Å². The van der Waals surface area contributed by atoms with Crippen LogP contribution in [0.2, 0.25) is 0 Å². The molecule has 6 bridgehead atoms. The zero-order valence-electron chi connectivity index (χ0n) is 37.4. The van der Waals surface area contributed by atoms with E-state index in [4.69, 9.17) is 19.2 Å². The molecule has 0 saturated carbocycles. The number of hydrazine groups is 1. The van der Waals surface area contributed by atoms with Gasteiger partial charge in [0.1, 0.15) is 23.4 Å². The van der Waals surface area contributed by atoms with Crippen molar-refractivity contribution in [3.63, 3.8) is 0 Å². The first-order valence-corrected chi connectivity index (χ1v) is 21.9. The van der Waals surface area contributed by atoms with E-state index in [1.807, 2.05) is 19.2 Å². The van der Waals surface area contributed by atoms with Crippen molar-refractivity contribution in [3.05, 3.63) is 71.0 Å². The van der Waals surface area contributed by atoms with Crippen LogP contribution in [0.5, 0.6) is 5.75 Å². The summed E-state index contributed by atoms with van der Waals surface area (Å²) in [4.78, 5) is 48.8. The molecule has 0 spiro atoms. The van der Waals surface area contributed by atoms with Gasteiger partial charge in [-0.25, -0.2) is 10.2 Å². The van der Waals surface area contributed by atoms with Crippen molar-refractivity contribution in [2.45, 2.75) is 123 Å². The summed E-state index contributed by atoms with van der Waals surface area (Å²) >= 11 is 0. The molecular formula is C48H64N6O7. The van der Waals surface area contributed by atoms with E-state index in [0.29, 0.717) is 43.8 Å². The largest absolute Gasteiger partial charge is 0.508 e. The first-order chi connectivity index (χ1) is 28.9. The zero-order valence-corrected chi connectivity index (χ0v) is 37.4. The second kappa shape index (κ2) is 17.8. The number of aromatic nitrogens is 2. The third-order valence-electron chi connectivity index (χ3n) is 12.3. The molecule has 328 valence electrons. The van der Waals surface area contributed by atoms with Gasteiger partial charge in [-0.15, -0.1) is 0 Å². The van der Waals surface area contributed by atoms with Gasteiger partial charge in [0.25, 0.3) is 5.91 Å². The van der Waals surface area contributed by atoms with E-state index in [1.165, 1.54) is 10.6 Å². The number of aromatic hydroxyl groups is 1. The number of amides is 2. The summed E-state index contributed by atoms with van der Waals surface area (Å²) < 4.78 is 20.0. The number of ether oxygens (including phenoxy) is 3. The number of aryl methyl sites for hydroxylation is 1. The second-order valence-electron chi connectivity index (χ2n) is 19.0. The number of hydrogen-bond donors (Lipinski definition) is 3. The number of nitrogens with zero attached hydrogens (tertiary/aromatic N) is 4. The Morgan fingerprint density at radius 2 is 1.82 bits per heavy atom. The number of hydrogen-bond acceptors (Lipinski definition) is 10. The van der Waals surface area contributed by atoms with E-state index < -0.39 is 41.1 Å². The van der Waals surface area contributed by atoms with Crippen molar-refractivity contribution in [1.29, 1.82) is 0 Å². The van der Waals surface area contributed by atoms with Crippen LogP contribution in [0.3, 0.4) is 0 Å². The Morgan fingerprint density at radius 3 is 2.52 bits per heavy atom. The Morgan fingerprint density at radius 1 is 1.07 bits per heavy atom. The number of phenolic OH excluding ortho intramolecular Hbond substituents is 1. The number of carbonyl (C=O) groups excluding carboxylic acids is 3. The van der Waals surface area contributed by atoms with Crippen molar-refractivity contribution in [2.75, 3.05) is 40.4 Å². The molecule has 4 aromatic rings. The number of likely N-dealkylation sites (tertiary alicyclic amines) is 1. The van der Waals surface area contributed by atoms with Gasteiger partial charge in [0.05, 0.1) is 24.1 Å². The molecule has 13 nitrogen and oxygen atoms in total. The van der Waals surface area contributed by atoms with Gasteiger partial charge in [-0.05, 0) is 151 Å². The van der Waals surface area contributed by atoms with Gasteiger partial charge in [0.2, 0.25) is 0 Å². The number of carbonyl (C=O) groups is 3. The molecule has 2 aromatic heterocycles. The Balaban J connectivity index is 1.41. The van der Waals surface area contributed by atoms with E-state index in [0.717, 1.165) is 70.5 Å². The van der Waals surface area contributed by atoms with Gasteiger partial charge >= 0.3 is 12.1 Å². The Hall–Kier alpha value is -4.98. The number of piperidine rings is 1. The molecule has 2 amide bonds. The van der Waals surface area contributed by atoms with Crippen molar-refractivity contribution >= 4 is 28.9 Å². The van der Waals surface area contributed by atoms with E-state index in [-0.39, 0.29) is 24.9 Å². The fourth-order valence-electron chi connectivity index (χ4n) is 9.14. The molecule has 3 atom stereocenters. The van der Waals surface area contributed by atoms with Gasteiger partial charge in [0.15, 0.2) is 0 Å². The lowest BCUT2D eigenvalue weighted by molar-refractivity contribution is -0.155. The third-order valence-corrected chi connectivity index (χ3v) is 12.3. The van der Waals surface area contributed by atoms with Crippen LogP contribution in [0.25, 0.3) is 33.3 Å². The molecular weight excluding hydrogens is 773 g/mol. The Bertz CT molecular complexity index is 2270. The first-order valence-electron chi connectivity index (χ1n) is 21.9. The Labute approximate surface area is 360 Å². The monoisotopic (exact) mass is 836 g/mol. The number of pyridine rings is 1. The quantitative estimate of drug-likeness (QED) is 0.165. The summed E-state index contributed by atoms with van der Waals surface area (Å²) in [6, 6.07) is 12.2. The molecule has 5 heterocycles. The smallest absolute Gasteiger partial charge is 0.408 e. The van der Waals surface area contributed by atoms with Crippen LogP contribution in [0.4, 0.5) is 4.79 Å². The minimum atomic E-state index is -1.07. The molecule has 3 aliphatic rings. The number of benzene rings is 2. The topological polar surface area (TPSA) is 147 Å². The SMILES string of the molecule is CCn1c(-c2cc(C3CCN(C)CC3)cnc2[C@H](C)OC)c2c3cc(ccc31)-c1cc(O)cc(c1)C[C@H](NC(=O)OC(C)(C)C)C(=O)N1CCC[C@H](N1)C(=O)OCC(C)(C)C2. The predicted octanol–water partition coefficient (Wildman–Crippen LogP) is 7.67. The van der Waals surface area contributed by atoms with Gasteiger partial charge in [0, 0.05) is 54.7 Å². The number of methoxy groups -OCH3 is 1. The lowest BCUT2D eigenvalue weighted by Crippen LogP contribution is -2.60. The fraction of sp³-hybridized carbons (Fsp3) is 0.542. The van der Waals surface area contributed by atoms with Crippen LogP contribution in [0, 0.1) is 5.41 Å². The van der Waals surface area contributed by atoms with E-state index in [9.17, 15) is 19.5 Å². The molecule has 2 aromatic carbocycles. The minimum absolute atomic E-state index is 0.0348. The highest BCUT2D eigenvalue weighted by molar-refractivity contribution is 5.95. The van der Waals surface area contributed by atoms with Gasteiger partial charge in [-0.2, -0.15) is 0 Å². The summed E-state index contributed by atoms with van der Waals surface area (Å²) in [5, 5.41) is 16.4. The Kier molecular flexibility index (Phi) is 12.9. The summed E-state index contributed by atoms with van der Waals surface area (Å²) in [6.07, 6.45) is 4.84. The van der Waals surface area contributed by atoms with E-state index in [1.54, 1.807) is 40.0 Å². The summed E-state index contributed by atoms with van der Waals surface area (Å²) in [5.41, 5.74) is 10.5. The highest BCUT2D eigenvalue weighted by atomic mass is 16.6. The van der Waals surface area contributed by atoms with Crippen LogP contribution in [-0.2, 0) is 43.2 Å². The van der Waals surface area contributed by atoms with Crippen LogP contribution in [-0.4, -0.2) is 101 Å². The predicted molar refractivity (Wildman–Crippen MR) is 236 cm³/mol. The number of nitrogens with one attached hydrogen (secondary N) is 2. The van der Waals surface area contributed by atoms with Crippen molar-refractivity contribution in [2.24, 2.45) is 5.41 Å². The second-order valence-corrected chi connectivity index (χ2v) is 19.0. The van der Waals surface area contributed by atoms with Gasteiger partial charge in [-0.3, -0.25) is 19.6 Å². The maximum Gasteiger partial charge on any atom is 0.408 e. The number of alkyl carbamates (subject to hydrolysis) is 1. The number of cyclic esters (lactones) is 1. The molecule has 0 radical (unpaired) electrons. The first kappa shape index (κ1) is 44.1. The third kappa shape index (κ3) is 9.90. The molecule has 3 aliphatic heterocycles. The van der Waals surface area contributed by atoms with Crippen LogP contribution >= 0.6 is 0 Å². The normalized spacial score (nSPS) is 21.2. The van der Waals surface area contributed by atoms with Gasteiger partial charge < -0.3 is 34.1 Å². The van der Waals surface area contributed by atoms with E-state index in [2.05, 4.69) is 72.3 Å². The summed E-state index contributed by atoms with van der Waals surface area (Å²) in [7, 11) is 3.90. The number of esters is 1. The summed E-state index contributed by atoms with van der Waals surface area (Å²) in [5.74, 6) is -0.436. The van der Waals surface area contributed by atoms with Crippen LogP contribution < -0.4 is 10.7 Å².